The van der Waals surface area contributed by atoms with Crippen LogP contribution in [0.1, 0.15) is 55.8 Å². The summed E-state index contributed by atoms with van der Waals surface area (Å²) in [6, 6.07) is 64.3. The third-order valence-electron chi connectivity index (χ3n) is 13.0. The third-order valence-corrected chi connectivity index (χ3v) is 13.0. The van der Waals surface area contributed by atoms with E-state index in [2.05, 4.69) is 196 Å². The van der Waals surface area contributed by atoms with Crippen molar-refractivity contribution in [3.63, 3.8) is 0 Å². The topological polar surface area (TPSA) is 25.5 Å². The first-order valence-electron chi connectivity index (χ1n) is 21.2. The summed E-state index contributed by atoms with van der Waals surface area (Å²) in [4.78, 5) is 5.84. The Hall–Kier alpha value is -6.77. The molecule has 1 aliphatic heterocycles. The molecule has 3 atom stereocenters. The predicted octanol–water partition coefficient (Wildman–Crippen LogP) is 15.9. The molecule has 0 aliphatic carbocycles. The standard InChI is InChI=1S/C57H45NO/c1-3-37-34-44(38-14-6-4-7-15-38)23-22-36(2)54(58-55(37)45-29-24-39-16-10-11-19-43(39)35-45)42-27-25-41(26-28-42)47-31-33-51-49-21-13-12-20-48(49)50-32-30-46(40-17-8-5-9-18-40)56-52(50)53(51)57(47)59-56/h4-21,23-33,35-37,55H,3,22,34H2,1-2H3/b44-23-,58-54?. The Balaban J connectivity index is 1.06. The van der Waals surface area contributed by atoms with Gasteiger partial charge in [0.05, 0.1) is 6.04 Å². The second kappa shape index (κ2) is 14.6. The van der Waals surface area contributed by atoms with Gasteiger partial charge in [0, 0.05) is 33.5 Å². The van der Waals surface area contributed by atoms with Crippen LogP contribution < -0.4 is 0 Å². The quantitative estimate of drug-likeness (QED) is 0.155. The fourth-order valence-electron chi connectivity index (χ4n) is 9.91. The van der Waals surface area contributed by atoms with Crippen molar-refractivity contribution in [2.24, 2.45) is 16.8 Å². The van der Waals surface area contributed by atoms with Crippen molar-refractivity contribution in [3.8, 4) is 22.3 Å². The molecular formula is C57H45NO. The molecule has 284 valence electrons. The van der Waals surface area contributed by atoms with Gasteiger partial charge in [0.25, 0.3) is 0 Å². The Morgan fingerprint density at radius 2 is 1.08 bits per heavy atom. The lowest BCUT2D eigenvalue weighted by atomic mass is 9.83. The molecule has 1 aliphatic rings. The Morgan fingerprint density at radius 1 is 0.525 bits per heavy atom. The van der Waals surface area contributed by atoms with Gasteiger partial charge >= 0.3 is 0 Å². The molecule has 3 unspecified atom stereocenters. The van der Waals surface area contributed by atoms with E-state index >= 15 is 0 Å². The van der Waals surface area contributed by atoms with Crippen LogP contribution >= 0.6 is 0 Å². The van der Waals surface area contributed by atoms with Crippen LogP contribution in [-0.4, -0.2) is 5.71 Å². The Kier molecular flexibility index (Phi) is 8.73. The molecule has 1 aromatic heterocycles. The number of rotatable bonds is 6. The number of benzene rings is 9. The van der Waals surface area contributed by atoms with Gasteiger partial charge in [-0.1, -0.05) is 184 Å². The van der Waals surface area contributed by atoms with E-state index in [0.29, 0.717) is 5.92 Å². The SMILES string of the molecule is CCC1C/C(c2ccccc2)=C/CC(C)C(c2ccc(-c3ccc4c5ccccc5c5ccc(-c6ccccc6)c6oc3c4c65)cc2)=NC1c1ccc2ccccc2c1. The molecule has 2 heterocycles. The zero-order chi connectivity index (χ0) is 39.5. The lowest BCUT2D eigenvalue weighted by Gasteiger charge is -2.26. The first-order chi connectivity index (χ1) is 29.1. The van der Waals surface area contributed by atoms with Crippen LogP contribution in [-0.2, 0) is 0 Å². The van der Waals surface area contributed by atoms with E-state index in [1.54, 1.807) is 0 Å². The molecule has 59 heavy (non-hydrogen) atoms. The van der Waals surface area contributed by atoms with Crippen molar-refractivity contribution in [1.29, 1.82) is 0 Å². The van der Waals surface area contributed by atoms with E-state index in [-0.39, 0.29) is 12.0 Å². The van der Waals surface area contributed by atoms with E-state index in [1.807, 2.05) is 0 Å². The predicted molar refractivity (Wildman–Crippen MR) is 251 cm³/mol. The average molecular weight is 760 g/mol. The van der Waals surface area contributed by atoms with E-state index in [1.165, 1.54) is 71.1 Å². The van der Waals surface area contributed by atoms with Gasteiger partial charge in [0.1, 0.15) is 11.2 Å². The molecule has 0 saturated carbocycles. The molecule has 0 amide bonds. The number of allylic oxidation sites excluding steroid dienone is 2. The van der Waals surface area contributed by atoms with E-state index < -0.39 is 0 Å². The molecule has 0 spiro atoms. The van der Waals surface area contributed by atoms with Gasteiger partial charge in [-0.2, -0.15) is 0 Å². The van der Waals surface area contributed by atoms with Crippen LogP contribution in [0.2, 0.25) is 0 Å². The van der Waals surface area contributed by atoms with E-state index in [9.17, 15) is 0 Å². The van der Waals surface area contributed by atoms with Crippen LogP contribution in [0.3, 0.4) is 0 Å². The summed E-state index contributed by atoms with van der Waals surface area (Å²) in [7, 11) is 0. The molecule has 10 aromatic rings. The molecule has 0 saturated heterocycles. The Bertz CT molecular complexity index is 3210. The van der Waals surface area contributed by atoms with Crippen LogP contribution in [0.25, 0.3) is 82.1 Å². The van der Waals surface area contributed by atoms with Crippen LogP contribution in [0, 0.1) is 11.8 Å². The minimum atomic E-state index is 0.0242. The number of hydrogen-bond acceptors (Lipinski definition) is 2. The van der Waals surface area contributed by atoms with Crippen LogP contribution in [0.4, 0.5) is 0 Å². The van der Waals surface area contributed by atoms with Crippen molar-refractivity contribution in [2.45, 2.75) is 39.2 Å². The number of fused-ring (bicyclic) bond motifs is 4. The van der Waals surface area contributed by atoms with E-state index in [4.69, 9.17) is 9.41 Å². The number of aliphatic imine (C=N–C) groups is 1. The maximum Gasteiger partial charge on any atom is 0.143 e. The van der Waals surface area contributed by atoms with Crippen molar-refractivity contribution in [3.05, 3.63) is 199 Å². The molecule has 0 N–H and O–H groups in total. The highest BCUT2D eigenvalue weighted by atomic mass is 16.3. The number of nitrogens with zero attached hydrogens (tertiary/aromatic N) is 1. The highest BCUT2D eigenvalue weighted by Gasteiger charge is 2.28. The second-order valence-electron chi connectivity index (χ2n) is 16.5. The maximum atomic E-state index is 7.10. The average Bonchev–Trinajstić information content (AvgIpc) is 3.73. The molecular weight excluding hydrogens is 715 g/mol. The second-order valence-corrected chi connectivity index (χ2v) is 16.5. The molecule has 0 radical (unpaired) electrons. The third kappa shape index (κ3) is 6.05. The minimum Gasteiger partial charge on any atom is -0.455 e. The maximum absolute atomic E-state index is 7.10. The Morgan fingerprint density at radius 3 is 1.73 bits per heavy atom. The van der Waals surface area contributed by atoms with Gasteiger partial charge in [-0.05, 0) is 103 Å². The summed E-state index contributed by atoms with van der Waals surface area (Å²) in [6.07, 6.45) is 5.45. The zero-order valence-corrected chi connectivity index (χ0v) is 33.5. The molecule has 9 aromatic carbocycles. The van der Waals surface area contributed by atoms with Crippen molar-refractivity contribution < 1.29 is 4.42 Å². The molecule has 0 bridgehead atoms. The van der Waals surface area contributed by atoms with Crippen molar-refractivity contribution in [2.75, 3.05) is 0 Å². The fraction of sp³-hybridized carbons (Fsp3) is 0.140. The summed E-state index contributed by atoms with van der Waals surface area (Å²) in [5.74, 6) is 0.573. The van der Waals surface area contributed by atoms with E-state index in [0.717, 1.165) is 52.7 Å². The summed E-state index contributed by atoms with van der Waals surface area (Å²) in [5.41, 5.74) is 12.8. The normalized spacial score (nSPS) is 18.5. The van der Waals surface area contributed by atoms with Gasteiger partial charge in [-0.25, -0.2) is 0 Å². The van der Waals surface area contributed by atoms with Gasteiger partial charge in [0.2, 0.25) is 0 Å². The lowest BCUT2D eigenvalue weighted by molar-refractivity contribution is 0.429. The molecule has 11 rings (SSSR count). The number of furan rings is 1. The van der Waals surface area contributed by atoms with Crippen LogP contribution in [0.5, 0.6) is 0 Å². The highest BCUT2D eigenvalue weighted by Crippen LogP contribution is 2.48. The summed E-state index contributed by atoms with van der Waals surface area (Å²) in [5, 5.41) is 9.91. The molecule has 2 heteroatoms. The van der Waals surface area contributed by atoms with Gasteiger partial charge in [0.15, 0.2) is 0 Å². The minimum absolute atomic E-state index is 0.0242. The van der Waals surface area contributed by atoms with Crippen molar-refractivity contribution in [1.82, 2.24) is 0 Å². The van der Waals surface area contributed by atoms with Crippen molar-refractivity contribution >= 4 is 65.5 Å². The first-order valence-corrected chi connectivity index (χ1v) is 21.2. The van der Waals surface area contributed by atoms with Crippen LogP contribution in [0.15, 0.2) is 191 Å². The smallest absolute Gasteiger partial charge is 0.143 e. The van der Waals surface area contributed by atoms with Gasteiger partial charge in [-0.15, -0.1) is 0 Å². The van der Waals surface area contributed by atoms with Gasteiger partial charge < -0.3 is 4.42 Å². The van der Waals surface area contributed by atoms with Gasteiger partial charge in [-0.3, -0.25) is 4.99 Å². The largest absolute Gasteiger partial charge is 0.455 e. The molecule has 2 nitrogen and oxygen atoms in total. The fourth-order valence-corrected chi connectivity index (χ4v) is 9.91. The number of hydrogen-bond donors (Lipinski definition) is 0. The summed E-state index contributed by atoms with van der Waals surface area (Å²) < 4.78 is 7.10. The first kappa shape index (κ1) is 35.4. The Labute approximate surface area is 345 Å². The highest BCUT2D eigenvalue weighted by molar-refractivity contribution is 6.35. The summed E-state index contributed by atoms with van der Waals surface area (Å²) in [6.45, 7) is 4.69. The monoisotopic (exact) mass is 759 g/mol. The summed E-state index contributed by atoms with van der Waals surface area (Å²) >= 11 is 0. The molecule has 0 fully saturated rings. The lowest BCUT2D eigenvalue weighted by Crippen LogP contribution is -2.17. The zero-order valence-electron chi connectivity index (χ0n) is 33.5.